The van der Waals surface area contributed by atoms with E-state index in [1.54, 1.807) is 11.0 Å². The Morgan fingerprint density at radius 3 is 2.90 bits per heavy atom. The summed E-state index contributed by atoms with van der Waals surface area (Å²) >= 11 is 6.31. The maximum absolute atomic E-state index is 6.31. The standard InChI is InChI=1S/C14H17ClN6/c15-13-4-3-12(21-9-16-18-19-21)7-14(13)17-10-5-6-20(8-10)11-1-2-11/h3-4,7,9-11,17H,1-2,5-6,8H2. The third-order valence-electron chi connectivity index (χ3n) is 4.21. The van der Waals surface area contributed by atoms with Crippen LogP contribution in [0.25, 0.3) is 5.69 Å². The van der Waals surface area contributed by atoms with Crippen molar-refractivity contribution in [2.24, 2.45) is 0 Å². The number of hydrogen-bond acceptors (Lipinski definition) is 5. The molecule has 0 radical (unpaired) electrons. The summed E-state index contributed by atoms with van der Waals surface area (Å²) in [5.74, 6) is 0. The van der Waals surface area contributed by atoms with E-state index in [0.29, 0.717) is 6.04 Å². The summed E-state index contributed by atoms with van der Waals surface area (Å²) in [6, 6.07) is 7.09. The van der Waals surface area contributed by atoms with Crippen LogP contribution in [0.3, 0.4) is 0 Å². The number of hydrogen-bond donors (Lipinski definition) is 1. The maximum atomic E-state index is 6.31. The third-order valence-corrected chi connectivity index (χ3v) is 4.54. The molecule has 7 heteroatoms. The van der Waals surface area contributed by atoms with Gasteiger partial charge in [0.15, 0.2) is 0 Å². The van der Waals surface area contributed by atoms with E-state index in [9.17, 15) is 0 Å². The van der Waals surface area contributed by atoms with Crippen LogP contribution in [0.1, 0.15) is 19.3 Å². The van der Waals surface area contributed by atoms with Gasteiger partial charge in [0.1, 0.15) is 6.33 Å². The van der Waals surface area contributed by atoms with Crippen molar-refractivity contribution in [2.45, 2.75) is 31.3 Å². The molecular formula is C14H17ClN6. The van der Waals surface area contributed by atoms with Gasteiger partial charge in [-0.05, 0) is 47.9 Å². The van der Waals surface area contributed by atoms with Crippen LogP contribution in [-0.4, -0.2) is 50.3 Å². The number of likely N-dealkylation sites (tertiary alicyclic amines) is 1. The molecule has 110 valence electrons. The second kappa shape index (κ2) is 5.27. The van der Waals surface area contributed by atoms with Gasteiger partial charge in [-0.3, -0.25) is 4.90 Å². The highest BCUT2D eigenvalue weighted by Crippen LogP contribution is 2.32. The summed E-state index contributed by atoms with van der Waals surface area (Å²) in [7, 11) is 0. The number of benzene rings is 1. The monoisotopic (exact) mass is 304 g/mol. The lowest BCUT2D eigenvalue weighted by atomic mass is 10.2. The summed E-state index contributed by atoms with van der Waals surface area (Å²) in [6.45, 7) is 2.29. The number of nitrogens with one attached hydrogen (secondary N) is 1. The van der Waals surface area contributed by atoms with Gasteiger partial charge in [0, 0.05) is 25.2 Å². The molecule has 2 aliphatic rings. The first kappa shape index (κ1) is 13.0. The molecule has 1 aromatic heterocycles. The Kier molecular flexibility index (Phi) is 3.27. The SMILES string of the molecule is Clc1ccc(-n2cnnn2)cc1NC1CCN(C2CC2)C1. The number of halogens is 1. The average molecular weight is 305 g/mol. The van der Waals surface area contributed by atoms with Gasteiger partial charge < -0.3 is 5.32 Å². The van der Waals surface area contributed by atoms with E-state index >= 15 is 0 Å². The Morgan fingerprint density at radius 1 is 1.24 bits per heavy atom. The van der Waals surface area contributed by atoms with Crippen LogP contribution in [0.4, 0.5) is 5.69 Å². The zero-order valence-electron chi connectivity index (χ0n) is 11.6. The summed E-state index contributed by atoms with van der Waals surface area (Å²) in [4.78, 5) is 2.58. The number of anilines is 1. The zero-order chi connectivity index (χ0) is 14.2. The topological polar surface area (TPSA) is 58.9 Å². The molecule has 1 aliphatic heterocycles. The smallest absolute Gasteiger partial charge is 0.143 e. The number of aromatic nitrogens is 4. The van der Waals surface area contributed by atoms with Crippen LogP contribution in [-0.2, 0) is 0 Å². The average Bonchev–Trinajstić information content (AvgIpc) is 3.01. The van der Waals surface area contributed by atoms with Crippen LogP contribution in [0, 0.1) is 0 Å². The van der Waals surface area contributed by atoms with E-state index in [0.717, 1.165) is 29.0 Å². The van der Waals surface area contributed by atoms with E-state index in [2.05, 4.69) is 25.7 Å². The highest BCUT2D eigenvalue weighted by molar-refractivity contribution is 6.33. The number of tetrazole rings is 1. The van der Waals surface area contributed by atoms with Crippen molar-refractivity contribution in [3.8, 4) is 5.69 Å². The van der Waals surface area contributed by atoms with E-state index in [-0.39, 0.29) is 0 Å². The predicted octanol–water partition coefficient (Wildman–Crippen LogP) is 1.96. The molecule has 1 unspecified atom stereocenters. The third kappa shape index (κ3) is 2.73. The van der Waals surface area contributed by atoms with Crippen molar-refractivity contribution in [1.82, 2.24) is 25.1 Å². The Hall–Kier alpha value is -1.66. The van der Waals surface area contributed by atoms with Crippen molar-refractivity contribution in [3.63, 3.8) is 0 Å². The first-order valence-electron chi connectivity index (χ1n) is 7.33. The highest BCUT2D eigenvalue weighted by Gasteiger charge is 2.34. The molecule has 6 nitrogen and oxygen atoms in total. The molecular weight excluding hydrogens is 288 g/mol. The predicted molar refractivity (Wildman–Crippen MR) is 80.8 cm³/mol. The molecule has 0 spiro atoms. The van der Waals surface area contributed by atoms with Crippen molar-refractivity contribution in [2.75, 3.05) is 18.4 Å². The fourth-order valence-corrected chi connectivity index (χ4v) is 3.11. The Bertz CT molecular complexity index is 624. The highest BCUT2D eigenvalue weighted by atomic mass is 35.5. The minimum absolute atomic E-state index is 0.465. The van der Waals surface area contributed by atoms with Gasteiger partial charge in [0.2, 0.25) is 0 Å². The van der Waals surface area contributed by atoms with Gasteiger partial charge in [-0.25, -0.2) is 4.68 Å². The summed E-state index contributed by atoms with van der Waals surface area (Å²) < 4.78 is 1.63. The molecule has 0 bridgehead atoms. The van der Waals surface area contributed by atoms with E-state index < -0.39 is 0 Å². The van der Waals surface area contributed by atoms with Crippen LogP contribution in [0.15, 0.2) is 24.5 Å². The molecule has 4 rings (SSSR count). The molecule has 2 aromatic rings. The van der Waals surface area contributed by atoms with Crippen molar-refractivity contribution < 1.29 is 0 Å². The molecule has 1 aromatic carbocycles. The Labute approximate surface area is 128 Å². The van der Waals surface area contributed by atoms with Gasteiger partial charge in [-0.1, -0.05) is 11.6 Å². The molecule has 1 saturated carbocycles. The van der Waals surface area contributed by atoms with E-state index in [1.165, 1.54) is 25.8 Å². The number of rotatable bonds is 4. The molecule has 1 atom stereocenters. The minimum Gasteiger partial charge on any atom is -0.380 e. The summed E-state index contributed by atoms with van der Waals surface area (Å²) in [5.41, 5.74) is 1.86. The molecule has 21 heavy (non-hydrogen) atoms. The normalized spacial score (nSPS) is 22.6. The fourth-order valence-electron chi connectivity index (χ4n) is 2.94. The second-order valence-electron chi connectivity index (χ2n) is 5.77. The quantitative estimate of drug-likeness (QED) is 0.936. The van der Waals surface area contributed by atoms with Crippen molar-refractivity contribution in [3.05, 3.63) is 29.5 Å². The van der Waals surface area contributed by atoms with Gasteiger partial charge in [-0.2, -0.15) is 0 Å². The van der Waals surface area contributed by atoms with E-state index in [4.69, 9.17) is 11.6 Å². The molecule has 2 heterocycles. The van der Waals surface area contributed by atoms with Crippen LogP contribution < -0.4 is 5.32 Å². The van der Waals surface area contributed by atoms with E-state index in [1.807, 2.05) is 18.2 Å². The lowest BCUT2D eigenvalue weighted by Gasteiger charge is -2.18. The summed E-state index contributed by atoms with van der Waals surface area (Å²) in [6.07, 6.45) is 5.48. The second-order valence-corrected chi connectivity index (χ2v) is 6.18. The van der Waals surface area contributed by atoms with Crippen LogP contribution in [0.2, 0.25) is 5.02 Å². The lowest BCUT2D eigenvalue weighted by Crippen LogP contribution is -2.27. The molecule has 2 fully saturated rings. The van der Waals surface area contributed by atoms with Crippen molar-refractivity contribution >= 4 is 17.3 Å². The van der Waals surface area contributed by atoms with Crippen LogP contribution >= 0.6 is 11.6 Å². The first-order valence-corrected chi connectivity index (χ1v) is 7.71. The summed E-state index contributed by atoms with van der Waals surface area (Å²) in [5, 5.41) is 15.5. The van der Waals surface area contributed by atoms with Gasteiger partial charge >= 0.3 is 0 Å². The van der Waals surface area contributed by atoms with Crippen LogP contribution in [0.5, 0.6) is 0 Å². The minimum atomic E-state index is 0.465. The Balaban J connectivity index is 1.50. The molecule has 1 aliphatic carbocycles. The molecule has 0 amide bonds. The molecule has 1 N–H and O–H groups in total. The maximum Gasteiger partial charge on any atom is 0.143 e. The van der Waals surface area contributed by atoms with Gasteiger partial charge in [0.25, 0.3) is 0 Å². The largest absolute Gasteiger partial charge is 0.380 e. The first-order chi connectivity index (χ1) is 10.3. The zero-order valence-corrected chi connectivity index (χ0v) is 12.4. The Morgan fingerprint density at radius 2 is 2.14 bits per heavy atom. The van der Waals surface area contributed by atoms with Gasteiger partial charge in [-0.15, -0.1) is 5.10 Å². The van der Waals surface area contributed by atoms with Gasteiger partial charge in [0.05, 0.1) is 16.4 Å². The van der Waals surface area contributed by atoms with Crippen molar-refractivity contribution in [1.29, 1.82) is 0 Å². The fraction of sp³-hybridized carbons (Fsp3) is 0.500. The number of nitrogens with zero attached hydrogens (tertiary/aromatic N) is 5. The lowest BCUT2D eigenvalue weighted by molar-refractivity contribution is 0.326. The molecule has 1 saturated heterocycles.